The molecule has 1 saturated heterocycles. The third-order valence-electron chi connectivity index (χ3n) is 6.22. The van der Waals surface area contributed by atoms with E-state index in [1.807, 2.05) is 16.9 Å². The van der Waals surface area contributed by atoms with Crippen molar-refractivity contribution in [3.63, 3.8) is 0 Å². The first-order valence-electron chi connectivity index (χ1n) is 9.64. The Morgan fingerprint density at radius 1 is 1.19 bits per heavy atom. The third-order valence-corrected chi connectivity index (χ3v) is 6.22. The van der Waals surface area contributed by atoms with E-state index in [9.17, 15) is 4.79 Å². The minimum atomic E-state index is -0.587. The molecule has 26 heavy (non-hydrogen) atoms. The number of aromatic nitrogens is 2. The zero-order chi connectivity index (χ0) is 18.2. The van der Waals surface area contributed by atoms with E-state index in [1.165, 1.54) is 11.1 Å². The van der Waals surface area contributed by atoms with Gasteiger partial charge in [0.25, 0.3) is 0 Å². The Morgan fingerprint density at radius 2 is 1.96 bits per heavy atom. The molecule has 0 bridgehead atoms. The van der Waals surface area contributed by atoms with Crippen LogP contribution >= 0.6 is 0 Å². The van der Waals surface area contributed by atoms with Gasteiger partial charge in [-0.15, -0.1) is 0 Å². The van der Waals surface area contributed by atoms with Gasteiger partial charge in [-0.05, 0) is 61.4 Å². The first-order chi connectivity index (χ1) is 12.5. The highest BCUT2D eigenvalue weighted by Crippen LogP contribution is 2.42. The normalized spacial score (nSPS) is 23.8. The van der Waals surface area contributed by atoms with Crippen LogP contribution in [0.4, 0.5) is 0 Å². The molecule has 0 spiro atoms. The van der Waals surface area contributed by atoms with Crippen molar-refractivity contribution in [2.45, 2.75) is 56.5 Å². The average molecular weight is 352 g/mol. The molecule has 1 fully saturated rings. The van der Waals surface area contributed by atoms with Gasteiger partial charge < -0.3 is 10.6 Å². The number of nitrogens with zero attached hydrogens (tertiary/aromatic N) is 2. The highest BCUT2D eigenvalue weighted by Gasteiger charge is 2.43. The highest BCUT2D eigenvalue weighted by atomic mass is 16.2. The zero-order valence-corrected chi connectivity index (χ0v) is 15.7. The predicted octanol–water partition coefficient (Wildman–Crippen LogP) is 2.89. The summed E-state index contributed by atoms with van der Waals surface area (Å²) in [7, 11) is 0. The number of fused-ring (bicyclic) bond motifs is 1. The van der Waals surface area contributed by atoms with E-state index in [1.54, 1.807) is 6.20 Å². The molecule has 1 amide bonds. The summed E-state index contributed by atoms with van der Waals surface area (Å²) in [5.74, 6) is 0.0993. The average Bonchev–Trinajstić information content (AvgIpc) is 3.20. The van der Waals surface area contributed by atoms with Crippen LogP contribution in [0.3, 0.4) is 0 Å². The molecule has 2 aromatic rings. The van der Waals surface area contributed by atoms with Crippen molar-refractivity contribution in [2.75, 3.05) is 13.1 Å². The summed E-state index contributed by atoms with van der Waals surface area (Å²) >= 11 is 0. The quantitative estimate of drug-likeness (QED) is 0.893. The molecule has 1 aliphatic carbocycles. The van der Waals surface area contributed by atoms with Crippen LogP contribution in [-0.4, -0.2) is 28.8 Å². The molecule has 1 atom stereocenters. The smallest absolute Gasteiger partial charge is 0.248 e. The number of rotatable bonds is 3. The Hall–Kier alpha value is -2.14. The van der Waals surface area contributed by atoms with Crippen LogP contribution in [0.2, 0.25) is 0 Å². The standard InChI is InChI=1S/C21H28N4O/c1-20(2)9-8-18(16-6-3-4-7-17(16)20)24-19(26)21(10-13-22-14-11-21)25-15-5-12-23-25/h3-7,12,15,18,22H,8-11,13-14H2,1-2H3,(H,24,26). The lowest BCUT2D eigenvalue weighted by Crippen LogP contribution is -2.55. The van der Waals surface area contributed by atoms with Gasteiger partial charge >= 0.3 is 0 Å². The van der Waals surface area contributed by atoms with Crippen LogP contribution in [-0.2, 0) is 15.7 Å². The van der Waals surface area contributed by atoms with Crippen LogP contribution in [0.5, 0.6) is 0 Å². The van der Waals surface area contributed by atoms with Crippen molar-refractivity contribution >= 4 is 5.91 Å². The maximum absolute atomic E-state index is 13.5. The lowest BCUT2D eigenvalue weighted by atomic mass is 9.71. The van der Waals surface area contributed by atoms with Crippen molar-refractivity contribution < 1.29 is 4.79 Å². The van der Waals surface area contributed by atoms with Crippen LogP contribution in [0, 0.1) is 0 Å². The summed E-state index contributed by atoms with van der Waals surface area (Å²) in [6.45, 7) is 6.26. The fourth-order valence-electron chi connectivity index (χ4n) is 4.58. The van der Waals surface area contributed by atoms with Gasteiger partial charge in [0, 0.05) is 12.4 Å². The lowest BCUT2D eigenvalue weighted by Gasteiger charge is -2.41. The third kappa shape index (κ3) is 2.84. The van der Waals surface area contributed by atoms with Gasteiger partial charge in [0.1, 0.15) is 5.54 Å². The van der Waals surface area contributed by atoms with Crippen molar-refractivity contribution in [2.24, 2.45) is 0 Å². The molecule has 5 nitrogen and oxygen atoms in total. The molecule has 1 aromatic heterocycles. The fourth-order valence-corrected chi connectivity index (χ4v) is 4.58. The Kier molecular flexibility index (Phi) is 4.35. The first kappa shape index (κ1) is 17.3. The van der Waals surface area contributed by atoms with E-state index in [0.29, 0.717) is 0 Å². The van der Waals surface area contributed by atoms with Gasteiger partial charge in [-0.3, -0.25) is 9.48 Å². The van der Waals surface area contributed by atoms with Gasteiger partial charge in [0.05, 0.1) is 6.04 Å². The van der Waals surface area contributed by atoms with Crippen LogP contribution in [0.15, 0.2) is 42.7 Å². The van der Waals surface area contributed by atoms with E-state index in [2.05, 4.69) is 53.8 Å². The van der Waals surface area contributed by atoms with Gasteiger partial charge in [0.15, 0.2) is 0 Å². The maximum atomic E-state index is 13.5. The topological polar surface area (TPSA) is 59.0 Å². The number of hydrogen-bond acceptors (Lipinski definition) is 3. The molecular formula is C21H28N4O. The Morgan fingerprint density at radius 3 is 2.69 bits per heavy atom. The lowest BCUT2D eigenvalue weighted by molar-refractivity contribution is -0.133. The van der Waals surface area contributed by atoms with Crippen LogP contribution < -0.4 is 10.6 Å². The molecule has 4 rings (SSSR count). The number of nitrogens with one attached hydrogen (secondary N) is 2. The molecule has 1 aliphatic heterocycles. The minimum absolute atomic E-state index is 0.0778. The second-order valence-corrected chi connectivity index (χ2v) is 8.27. The number of carbonyl (C=O) groups is 1. The number of hydrogen-bond donors (Lipinski definition) is 2. The molecule has 138 valence electrons. The fraction of sp³-hybridized carbons (Fsp3) is 0.524. The molecule has 1 unspecified atom stereocenters. The summed E-state index contributed by atoms with van der Waals surface area (Å²) in [5.41, 5.74) is 2.19. The predicted molar refractivity (Wildman–Crippen MR) is 102 cm³/mol. The molecule has 0 saturated carbocycles. The summed E-state index contributed by atoms with van der Waals surface area (Å²) in [6, 6.07) is 10.5. The molecule has 0 radical (unpaired) electrons. The first-order valence-corrected chi connectivity index (χ1v) is 9.64. The molecular weight excluding hydrogens is 324 g/mol. The molecule has 2 N–H and O–H groups in total. The van der Waals surface area contributed by atoms with Crippen molar-refractivity contribution in [1.82, 2.24) is 20.4 Å². The minimum Gasteiger partial charge on any atom is -0.347 e. The summed E-state index contributed by atoms with van der Waals surface area (Å²) in [6.07, 6.45) is 7.26. The zero-order valence-electron chi connectivity index (χ0n) is 15.7. The van der Waals surface area contributed by atoms with Crippen molar-refractivity contribution in [3.05, 3.63) is 53.9 Å². The molecule has 1 aromatic carbocycles. The summed E-state index contributed by atoms with van der Waals surface area (Å²) in [5, 5.41) is 11.2. The maximum Gasteiger partial charge on any atom is 0.248 e. The monoisotopic (exact) mass is 352 g/mol. The Balaban J connectivity index is 1.63. The number of piperidine rings is 1. The number of carbonyl (C=O) groups excluding carboxylic acids is 1. The van der Waals surface area contributed by atoms with Crippen molar-refractivity contribution in [1.29, 1.82) is 0 Å². The van der Waals surface area contributed by atoms with E-state index < -0.39 is 5.54 Å². The Labute approximate surface area is 155 Å². The molecule has 5 heteroatoms. The van der Waals surface area contributed by atoms with Crippen molar-refractivity contribution in [3.8, 4) is 0 Å². The second-order valence-electron chi connectivity index (χ2n) is 8.27. The largest absolute Gasteiger partial charge is 0.347 e. The van der Waals surface area contributed by atoms with E-state index in [-0.39, 0.29) is 17.4 Å². The second kappa shape index (κ2) is 6.54. The molecule has 2 heterocycles. The van der Waals surface area contributed by atoms with Gasteiger partial charge in [-0.25, -0.2) is 0 Å². The van der Waals surface area contributed by atoms with Gasteiger partial charge in [-0.2, -0.15) is 5.10 Å². The van der Waals surface area contributed by atoms with E-state index in [0.717, 1.165) is 38.8 Å². The highest BCUT2D eigenvalue weighted by molar-refractivity contribution is 5.85. The van der Waals surface area contributed by atoms with E-state index >= 15 is 0 Å². The van der Waals surface area contributed by atoms with Crippen LogP contribution in [0.25, 0.3) is 0 Å². The number of benzene rings is 1. The van der Waals surface area contributed by atoms with Gasteiger partial charge in [0.2, 0.25) is 5.91 Å². The van der Waals surface area contributed by atoms with E-state index in [4.69, 9.17) is 0 Å². The number of amides is 1. The van der Waals surface area contributed by atoms with Gasteiger partial charge in [-0.1, -0.05) is 38.1 Å². The molecule has 2 aliphatic rings. The van der Waals surface area contributed by atoms with Crippen LogP contribution in [0.1, 0.15) is 56.7 Å². The Bertz CT molecular complexity index is 775. The summed E-state index contributed by atoms with van der Waals surface area (Å²) in [4.78, 5) is 13.5. The summed E-state index contributed by atoms with van der Waals surface area (Å²) < 4.78 is 1.86. The SMILES string of the molecule is CC1(C)CCC(NC(=O)C2(n3cccn3)CCNCC2)c2ccccc21.